The maximum atomic E-state index is 5.48. The van der Waals surface area contributed by atoms with Gasteiger partial charge in [-0.25, -0.2) is 9.97 Å². The van der Waals surface area contributed by atoms with Gasteiger partial charge in [-0.1, -0.05) is 18.7 Å². The predicted molar refractivity (Wildman–Crippen MR) is 80.2 cm³/mol. The number of ether oxygens (including phenoxy) is 1. The molecular formula is C13H22N4OS. The number of thioether (sulfide) groups is 1. The maximum Gasteiger partial charge on any atom is 0.191 e. The van der Waals surface area contributed by atoms with Crippen LogP contribution >= 0.6 is 11.8 Å². The summed E-state index contributed by atoms with van der Waals surface area (Å²) in [5, 5.41) is 4.16. The van der Waals surface area contributed by atoms with Crippen molar-refractivity contribution in [3.8, 4) is 0 Å². The van der Waals surface area contributed by atoms with Crippen LogP contribution in [0.4, 0.5) is 11.6 Å². The number of hydrogen-bond donors (Lipinski definition) is 1. The first-order chi connectivity index (χ1) is 9.24. The van der Waals surface area contributed by atoms with Crippen LogP contribution < -0.4 is 10.2 Å². The third-order valence-corrected chi connectivity index (χ3v) is 3.64. The molecule has 1 aromatic rings. The second-order valence-electron chi connectivity index (χ2n) is 4.64. The molecule has 0 aliphatic carbocycles. The van der Waals surface area contributed by atoms with Gasteiger partial charge < -0.3 is 15.0 Å². The zero-order valence-corrected chi connectivity index (χ0v) is 12.7. The van der Waals surface area contributed by atoms with Crippen LogP contribution in [0.15, 0.2) is 11.2 Å². The van der Waals surface area contributed by atoms with E-state index in [1.54, 1.807) is 11.8 Å². The lowest BCUT2D eigenvalue weighted by atomic mass is 10.2. The van der Waals surface area contributed by atoms with Crippen molar-refractivity contribution in [2.24, 2.45) is 0 Å². The van der Waals surface area contributed by atoms with E-state index in [9.17, 15) is 0 Å². The molecule has 1 aliphatic rings. The van der Waals surface area contributed by atoms with Crippen LogP contribution in [-0.4, -0.2) is 48.6 Å². The predicted octanol–water partition coefficient (Wildman–Crippen LogP) is 2.25. The molecule has 0 aromatic carbocycles. The summed E-state index contributed by atoms with van der Waals surface area (Å²) in [4.78, 5) is 11.4. The zero-order valence-electron chi connectivity index (χ0n) is 11.8. The monoisotopic (exact) mass is 282 g/mol. The summed E-state index contributed by atoms with van der Waals surface area (Å²) in [6.07, 6.45) is 3.09. The third kappa shape index (κ3) is 3.73. The normalized spacial score (nSPS) is 19.5. The van der Waals surface area contributed by atoms with Crippen LogP contribution in [0.5, 0.6) is 0 Å². The van der Waals surface area contributed by atoms with E-state index in [0.717, 1.165) is 49.5 Å². The first-order valence-corrected chi connectivity index (χ1v) is 7.98. The molecule has 6 heteroatoms. The van der Waals surface area contributed by atoms with Crippen molar-refractivity contribution in [2.75, 3.05) is 42.8 Å². The molecule has 2 rings (SSSR count). The molecule has 0 radical (unpaired) electrons. The summed E-state index contributed by atoms with van der Waals surface area (Å²) >= 11 is 1.58. The summed E-state index contributed by atoms with van der Waals surface area (Å²) in [6, 6.07) is 2.40. The highest BCUT2D eigenvalue weighted by atomic mass is 32.2. The van der Waals surface area contributed by atoms with Crippen LogP contribution in [0.25, 0.3) is 0 Å². The standard InChI is InChI=1S/C13H22N4OS/c1-4-5-14-11-8-12(16-13(15-11)19-3)17-6-7-18-9-10(17)2/h8,10H,4-7,9H2,1-3H3,(H,14,15,16). The van der Waals surface area contributed by atoms with Crippen molar-refractivity contribution in [2.45, 2.75) is 31.5 Å². The summed E-state index contributed by atoms with van der Waals surface area (Å²) in [5.74, 6) is 1.91. The quantitative estimate of drug-likeness (QED) is 0.660. The number of rotatable bonds is 5. The van der Waals surface area contributed by atoms with Gasteiger partial charge in [-0.2, -0.15) is 0 Å². The lowest BCUT2D eigenvalue weighted by molar-refractivity contribution is 0.0984. The number of nitrogens with one attached hydrogen (secondary N) is 1. The van der Waals surface area contributed by atoms with Gasteiger partial charge in [-0.05, 0) is 19.6 Å². The number of aromatic nitrogens is 2. The molecule has 1 saturated heterocycles. The van der Waals surface area contributed by atoms with Crippen LogP contribution in [0.1, 0.15) is 20.3 Å². The van der Waals surface area contributed by atoms with Gasteiger partial charge >= 0.3 is 0 Å². The summed E-state index contributed by atoms with van der Waals surface area (Å²) in [5.41, 5.74) is 0. The van der Waals surface area contributed by atoms with Crippen molar-refractivity contribution in [3.63, 3.8) is 0 Å². The van der Waals surface area contributed by atoms with E-state index < -0.39 is 0 Å². The summed E-state index contributed by atoms with van der Waals surface area (Å²) in [7, 11) is 0. The highest BCUT2D eigenvalue weighted by Crippen LogP contribution is 2.23. The lowest BCUT2D eigenvalue weighted by Gasteiger charge is -2.34. The number of anilines is 2. The minimum atomic E-state index is 0.359. The molecule has 0 saturated carbocycles. The highest BCUT2D eigenvalue weighted by Gasteiger charge is 2.21. The largest absolute Gasteiger partial charge is 0.377 e. The highest BCUT2D eigenvalue weighted by molar-refractivity contribution is 7.98. The minimum Gasteiger partial charge on any atom is -0.377 e. The number of hydrogen-bond acceptors (Lipinski definition) is 6. The van der Waals surface area contributed by atoms with E-state index in [0.29, 0.717) is 6.04 Å². The number of morpholine rings is 1. The van der Waals surface area contributed by atoms with Gasteiger partial charge in [0.05, 0.1) is 19.3 Å². The molecule has 5 nitrogen and oxygen atoms in total. The van der Waals surface area contributed by atoms with Crippen molar-refractivity contribution in [1.82, 2.24) is 9.97 Å². The van der Waals surface area contributed by atoms with E-state index in [4.69, 9.17) is 4.74 Å². The van der Waals surface area contributed by atoms with Gasteiger partial charge in [0.1, 0.15) is 11.6 Å². The van der Waals surface area contributed by atoms with E-state index in [-0.39, 0.29) is 0 Å². The molecular weight excluding hydrogens is 260 g/mol. The van der Waals surface area contributed by atoms with E-state index in [2.05, 4.69) is 34.0 Å². The second kappa shape index (κ2) is 6.96. The fourth-order valence-electron chi connectivity index (χ4n) is 2.06. The minimum absolute atomic E-state index is 0.359. The molecule has 1 aliphatic heterocycles. The van der Waals surface area contributed by atoms with Crippen molar-refractivity contribution in [1.29, 1.82) is 0 Å². The van der Waals surface area contributed by atoms with Gasteiger partial charge in [0.15, 0.2) is 5.16 Å². The van der Waals surface area contributed by atoms with Crippen LogP contribution in [0.3, 0.4) is 0 Å². The molecule has 0 spiro atoms. The first-order valence-electron chi connectivity index (χ1n) is 6.76. The fraction of sp³-hybridized carbons (Fsp3) is 0.692. The van der Waals surface area contributed by atoms with Crippen LogP contribution in [0, 0.1) is 0 Å². The summed E-state index contributed by atoms with van der Waals surface area (Å²) < 4.78 is 5.48. The smallest absolute Gasteiger partial charge is 0.191 e. The van der Waals surface area contributed by atoms with Gasteiger partial charge in [-0.3, -0.25) is 0 Å². The molecule has 0 bridgehead atoms. The van der Waals surface area contributed by atoms with Crippen molar-refractivity contribution < 1.29 is 4.74 Å². The lowest BCUT2D eigenvalue weighted by Crippen LogP contribution is -2.44. The second-order valence-corrected chi connectivity index (χ2v) is 5.42. The van der Waals surface area contributed by atoms with E-state index >= 15 is 0 Å². The Labute approximate surface area is 119 Å². The Bertz CT molecular complexity index is 416. The molecule has 1 fully saturated rings. The molecule has 0 amide bonds. The first kappa shape index (κ1) is 14.4. The van der Waals surface area contributed by atoms with Gasteiger partial charge in [0, 0.05) is 19.2 Å². The molecule has 19 heavy (non-hydrogen) atoms. The zero-order chi connectivity index (χ0) is 13.7. The van der Waals surface area contributed by atoms with Crippen molar-refractivity contribution in [3.05, 3.63) is 6.07 Å². The molecule has 1 atom stereocenters. The average Bonchev–Trinajstić information content (AvgIpc) is 2.45. The molecule has 1 aromatic heterocycles. The fourth-order valence-corrected chi connectivity index (χ4v) is 2.44. The SMILES string of the molecule is CCCNc1cc(N2CCOCC2C)nc(SC)n1. The van der Waals surface area contributed by atoms with Gasteiger partial charge in [0.2, 0.25) is 0 Å². The summed E-state index contributed by atoms with van der Waals surface area (Å²) in [6.45, 7) is 7.66. The maximum absolute atomic E-state index is 5.48. The van der Waals surface area contributed by atoms with Gasteiger partial charge in [-0.15, -0.1) is 0 Å². The molecule has 1 unspecified atom stereocenters. The van der Waals surface area contributed by atoms with Crippen LogP contribution in [-0.2, 0) is 4.74 Å². The Balaban J connectivity index is 2.22. The van der Waals surface area contributed by atoms with E-state index in [1.807, 2.05) is 12.3 Å². The third-order valence-electron chi connectivity index (χ3n) is 3.09. The van der Waals surface area contributed by atoms with Crippen LogP contribution in [0.2, 0.25) is 0 Å². The van der Waals surface area contributed by atoms with Gasteiger partial charge in [0.25, 0.3) is 0 Å². The Morgan fingerprint density at radius 2 is 2.37 bits per heavy atom. The van der Waals surface area contributed by atoms with Crippen molar-refractivity contribution >= 4 is 23.4 Å². The van der Waals surface area contributed by atoms with E-state index in [1.165, 1.54) is 0 Å². The Morgan fingerprint density at radius 1 is 1.53 bits per heavy atom. The molecule has 2 heterocycles. The Hall–Kier alpha value is -1.01. The average molecular weight is 282 g/mol. The topological polar surface area (TPSA) is 50.3 Å². The molecule has 1 N–H and O–H groups in total. The Kier molecular flexibility index (Phi) is 5.27. The Morgan fingerprint density at radius 3 is 3.05 bits per heavy atom. The molecule has 106 valence electrons. The number of nitrogens with zero attached hydrogens (tertiary/aromatic N) is 3.